The zero-order valence-corrected chi connectivity index (χ0v) is 17.5. The quantitative estimate of drug-likeness (QED) is 0.701. The highest BCUT2D eigenvalue weighted by Gasteiger charge is 2.52. The molecule has 2 aromatic carbocycles. The summed E-state index contributed by atoms with van der Waals surface area (Å²) in [5.74, 6) is 2.74. The maximum absolute atomic E-state index is 12.8. The van der Waals surface area contributed by atoms with Gasteiger partial charge in [-0.2, -0.15) is 0 Å². The number of hydrogen-bond donors (Lipinski definition) is 1. The number of ketones is 1. The Morgan fingerprint density at radius 2 is 1.86 bits per heavy atom. The summed E-state index contributed by atoms with van der Waals surface area (Å²) in [7, 11) is 0. The summed E-state index contributed by atoms with van der Waals surface area (Å²) in [6.45, 7) is 2.26. The number of aryl methyl sites for hydroxylation is 3. The molecule has 0 amide bonds. The van der Waals surface area contributed by atoms with Gasteiger partial charge in [0, 0.05) is 11.8 Å². The lowest BCUT2D eigenvalue weighted by molar-refractivity contribution is -0.140. The molecule has 0 heterocycles. The summed E-state index contributed by atoms with van der Waals surface area (Å²) < 4.78 is 0. The predicted octanol–water partition coefficient (Wildman–Crippen LogP) is 5.99. The van der Waals surface area contributed by atoms with Gasteiger partial charge in [0.25, 0.3) is 0 Å². The number of aromatic hydroxyl groups is 1. The minimum Gasteiger partial charge on any atom is -0.508 e. The largest absolute Gasteiger partial charge is 0.508 e. The van der Waals surface area contributed by atoms with Gasteiger partial charge in [-0.05, 0) is 97.4 Å². The second-order valence-corrected chi connectivity index (χ2v) is 9.85. The zero-order chi connectivity index (χ0) is 20.0. The van der Waals surface area contributed by atoms with E-state index in [-0.39, 0.29) is 5.41 Å². The summed E-state index contributed by atoms with van der Waals surface area (Å²) in [6, 6.07) is 14.9. The monoisotopic (exact) mass is 388 g/mol. The van der Waals surface area contributed by atoms with Crippen molar-refractivity contribution in [3.05, 3.63) is 64.7 Å². The van der Waals surface area contributed by atoms with E-state index in [1.807, 2.05) is 12.1 Å². The van der Waals surface area contributed by atoms with Crippen molar-refractivity contribution in [2.75, 3.05) is 0 Å². The lowest BCUT2D eigenvalue weighted by Gasteiger charge is -2.53. The Balaban J connectivity index is 1.42. The van der Waals surface area contributed by atoms with E-state index in [0.29, 0.717) is 29.3 Å². The average molecular weight is 389 g/mol. The molecule has 0 aromatic heterocycles. The Kier molecular flexibility index (Phi) is 4.76. The fraction of sp³-hybridized carbons (Fsp3) is 0.519. The Hall–Kier alpha value is -2.09. The molecule has 2 nitrogen and oxygen atoms in total. The van der Waals surface area contributed by atoms with Crippen LogP contribution in [0, 0.1) is 17.3 Å². The number of benzene rings is 2. The summed E-state index contributed by atoms with van der Waals surface area (Å²) in [6.07, 6.45) is 9.30. The first kappa shape index (κ1) is 18.9. The minimum atomic E-state index is -0.0794. The van der Waals surface area contributed by atoms with E-state index >= 15 is 0 Å². The lowest BCUT2D eigenvalue weighted by atomic mass is 9.50. The highest BCUT2D eigenvalue weighted by Crippen LogP contribution is 2.58. The van der Waals surface area contributed by atoms with Gasteiger partial charge in [0.05, 0.1) is 0 Å². The summed E-state index contributed by atoms with van der Waals surface area (Å²) in [5, 5.41) is 10.7. The third-order valence-corrected chi connectivity index (χ3v) is 8.40. The van der Waals surface area contributed by atoms with E-state index in [0.717, 1.165) is 50.5 Å². The van der Waals surface area contributed by atoms with Crippen LogP contribution in [0.2, 0.25) is 0 Å². The van der Waals surface area contributed by atoms with Gasteiger partial charge in [0.2, 0.25) is 0 Å². The fourth-order valence-electron chi connectivity index (χ4n) is 6.75. The second kappa shape index (κ2) is 7.31. The van der Waals surface area contributed by atoms with E-state index in [2.05, 4.69) is 37.3 Å². The lowest BCUT2D eigenvalue weighted by Crippen LogP contribution is -2.49. The number of hydrogen-bond acceptors (Lipinski definition) is 2. The van der Waals surface area contributed by atoms with Crippen molar-refractivity contribution in [2.45, 2.75) is 70.6 Å². The van der Waals surface area contributed by atoms with Crippen molar-refractivity contribution >= 4 is 5.78 Å². The summed E-state index contributed by atoms with van der Waals surface area (Å²) in [5.41, 5.74) is 5.14. The third kappa shape index (κ3) is 3.21. The van der Waals surface area contributed by atoms with Crippen LogP contribution in [0.15, 0.2) is 42.5 Å². The van der Waals surface area contributed by atoms with Crippen LogP contribution >= 0.6 is 0 Å². The highest BCUT2D eigenvalue weighted by molar-refractivity contribution is 5.85. The molecule has 0 saturated heterocycles. The molecule has 0 spiro atoms. The molecule has 152 valence electrons. The average Bonchev–Trinajstić information content (AvgIpc) is 2.73. The van der Waals surface area contributed by atoms with Crippen molar-refractivity contribution in [3.8, 4) is 5.75 Å². The van der Waals surface area contributed by atoms with Crippen molar-refractivity contribution in [1.29, 1.82) is 0 Å². The molecule has 3 aliphatic rings. The fourth-order valence-corrected chi connectivity index (χ4v) is 6.75. The van der Waals surface area contributed by atoms with Crippen molar-refractivity contribution in [1.82, 2.24) is 0 Å². The van der Waals surface area contributed by atoms with Crippen LogP contribution < -0.4 is 0 Å². The molecule has 29 heavy (non-hydrogen) atoms. The van der Waals surface area contributed by atoms with Gasteiger partial charge < -0.3 is 5.11 Å². The van der Waals surface area contributed by atoms with Gasteiger partial charge in [-0.25, -0.2) is 0 Å². The van der Waals surface area contributed by atoms with Crippen molar-refractivity contribution in [3.63, 3.8) is 0 Å². The highest BCUT2D eigenvalue weighted by atomic mass is 16.3. The van der Waals surface area contributed by atoms with Gasteiger partial charge in [-0.1, -0.05) is 43.3 Å². The van der Waals surface area contributed by atoms with Crippen LogP contribution in [-0.4, -0.2) is 10.9 Å². The van der Waals surface area contributed by atoms with Gasteiger partial charge in [0.1, 0.15) is 11.5 Å². The molecule has 2 heteroatoms. The van der Waals surface area contributed by atoms with E-state index in [1.54, 1.807) is 0 Å². The second-order valence-electron chi connectivity index (χ2n) is 9.85. The minimum absolute atomic E-state index is 0.0794. The number of carbonyl (C=O) groups excluding carboxylic acids is 1. The SMILES string of the molecule is CC12CCC3c4cc(CCc5ccccc5)c(O)cc4CCC3C1CCCC2=O. The number of phenolic OH excluding ortho intramolecular Hbond substituents is 1. The zero-order valence-electron chi connectivity index (χ0n) is 17.5. The van der Waals surface area contributed by atoms with Gasteiger partial charge in [-0.3, -0.25) is 4.79 Å². The third-order valence-electron chi connectivity index (χ3n) is 8.40. The first-order chi connectivity index (χ1) is 14.1. The van der Waals surface area contributed by atoms with Crippen molar-refractivity contribution < 1.29 is 9.90 Å². The number of carbonyl (C=O) groups is 1. The number of fused-ring (bicyclic) bond motifs is 5. The molecule has 4 atom stereocenters. The molecule has 0 radical (unpaired) electrons. The van der Waals surface area contributed by atoms with Gasteiger partial charge >= 0.3 is 0 Å². The number of phenols is 1. The summed E-state index contributed by atoms with van der Waals surface area (Å²) >= 11 is 0. The van der Waals surface area contributed by atoms with E-state index in [9.17, 15) is 9.90 Å². The smallest absolute Gasteiger partial charge is 0.139 e. The Morgan fingerprint density at radius 1 is 1.03 bits per heavy atom. The van der Waals surface area contributed by atoms with Crippen molar-refractivity contribution in [2.24, 2.45) is 17.3 Å². The Morgan fingerprint density at radius 3 is 2.69 bits per heavy atom. The van der Waals surface area contributed by atoms with Crippen LogP contribution in [0.25, 0.3) is 0 Å². The molecule has 2 fully saturated rings. The molecule has 3 aliphatic carbocycles. The maximum Gasteiger partial charge on any atom is 0.139 e. The number of rotatable bonds is 3. The van der Waals surface area contributed by atoms with Crippen LogP contribution in [0.5, 0.6) is 5.75 Å². The van der Waals surface area contributed by atoms with Crippen LogP contribution in [-0.2, 0) is 24.1 Å². The molecule has 0 bridgehead atoms. The maximum atomic E-state index is 12.8. The molecular weight excluding hydrogens is 356 g/mol. The van der Waals surface area contributed by atoms with Gasteiger partial charge in [0.15, 0.2) is 0 Å². The van der Waals surface area contributed by atoms with Crippen LogP contribution in [0.1, 0.15) is 73.6 Å². The Labute approximate surface area is 174 Å². The molecule has 2 saturated carbocycles. The predicted molar refractivity (Wildman–Crippen MR) is 116 cm³/mol. The molecule has 2 aromatic rings. The standard InChI is InChI=1S/C27H32O2/c1-27-15-14-21-22(24(27)8-5-9-26(27)29)13-12-19-17-25(28)20(16-23(19)21)11-10-18-6-3-2-4-7-18/h2-4,6-7,16-17,21-22,24,28H,5,8-15H2,1H3. The van der Waals surface area contributed by atoms with Crippen LogP contribution in [0.4, 0.5) is 0 Å². The molecule has 5 rings (SSSR count). The van der Waals surface area contributed by atoms with E-state index in [4.69, 9.17) is 0 Å². The summed E-state index contributed by atoms with van der Waals surface area (Å²) in [4.78, 5) is 12.8. The van der Waals surface area contributed by atoms with E-state index < -0.39 is 0 Å². The molecular formula is C27H32O2. The topological polar surface area (TPSA) is 37.3 Å². The van der Waals surface area contributed by atoms with E-state index in [1.165, 1.54) is 29.5 Å². The van der Waals surface area contributed by atoms with Crippen LogP contribution in [0.3, 0.4) is 0 Å². The number of Topliss-reactive ketones (excluding diaryl/α,β-unsaturated/α-hetero) is 1. The first-order valence-corrected chi connectivity index (χ1v) is 11.5. The molecule has 0 aliphatic heterocycles. The molecule has 4 unspecified atom stereocenters. The normalized spacial score (nSPS) is 30.9. The first-order valence-electron chi connectivity index (χ1n) is 11.5. The van der Waals surface area contributed by atoms with Gasteiger partial charge in [-0.15, -0.1) is 0 Å². The Bertz CT molecular complexity index is 916. The molecule has 1 N–H and O–H groups in total.